The molecule has 0 aliphatic carbocycles. The smallest absolute Gasteiger partial charge is 0.137 e. The zero-order valence-electron chi connectivity index (χ0n) is 16.6. The minimum Gasteiger partial charge on any atom is -0.391 e. The van der Waals surface area contributed by atoms with Crippen LogP contribution in [0.15, 0.2) is 36.9 Å². The second-order valence-electron chi connectivity index (χ2n) is 7.77. The van der Waals surface area contributed by atoms with Crippen molar-refractivity contribution in [1.29, 1.82) is 0 Å². The van der Waals surface area contributed by atoms with Gasteiger partial charge >= 0.3 is 0 Å². The Morgan fingerprint density at radius 3 is 2.96 bits per heavy atom. The first-order chi connectivity index (χ1) is 13.5. The van der Waals surface area contributed by atoms with E-state index in [2.05, 4.69) is 49.1 Å². The summed E-state index contributed by atoms with van der Waals surface area (Å²) in [5.74, 6) is 1.59. The Morgan fingerprint density at radius 1 is 1.29 bits per heavy atom. The Balaban J connectivity index is 1.47. The molecule has 3 aromatic rings. The summed E-state index contributed by atoms with van der Waals surface area (Å²) in [6.07, 6.45) is 6.05. The quantitative estimate of drug-likeness (QED) is 0.670. The number of nitrogens with one attached hydrogen (secondary N) is 1. The molecule has 0 aromatic carbocycles. The second-order valence-corrected chi connectivity index (χ2v) is 7.77. The van der Waals surface area contributed by atoms with E-state index in [1.807, 2.05) is 37.0 Å². The van der Waals surface area contributed by atoms with Crippen LogP contribution >= 0.6 is 0 Å². The number of fused-ring (bicyclic) bond motifs is 1. The fraction of sp³-hybridized carbons (Fsp3) is 0.450. The molecule has 8 nitrogen and oxygen atoms in total. The van der Waals surface area contributed by atoms with E-state index in [0.717, 1.165) is 35.9 Å². The van der Waals surface area contributed by atoms with E-state index in [0.29, 0.717) is 13.1 Å². The van der Waals surface area contributed by atoms with Gasteiger partial charge in [0.25, 0.3) is 0 Å². The Bertz CT molecular complexity index is 955. The van der Waals surface area contributed by atoms with Crippen molar-refractivity contribution in [2.75, 3.05) is 37.4 Å². The van der Waals surface area contributed by atoms with Crippen LogP contribution in [0, 0.1) is 6.92 Å². The van der Waals surface area contributed by atoms with E-state index >= 15 is 0 Å². The van der Waals surface area contributed by atoms with Crippen LogP contribution in [0.5, 0.6) is 0 Å². The van der Waals surface area contributed by atoms with E-state index in [9.17, 15) is 5.11 Å². The molecule has 2 atom stereocenters. The molecule has 0 radical (unpaired) electrons. The number of aliphatic hydroxyl groups is 1. The average Bonchev–Trinajstić information content (AvgIpc) is 3.22. The number of β-amino-alcohol motifs (C(OH)–C–C–N with tert-alkyl or cyclic N) is 1. The van der Waals surface area contributed by atoms with E-state index in [4.69, 9.17) is 0 Å². The maximum atomic E-state index is 10.1. The molecule has 4 rings (SSSR count). The zero-order valence-corrected chi connectivity index (χ0v) is 16.6. The third-order valence-corrected chi connectivity index (χ3v) is 5.03. The van der Waals surface area contributed by atoms with Gasteiger partial charge in [-0.05, 0) is 45.1 Å². The average molecular weight is 381 g/mol. The first kappa shape index (κ1) is 18.6. The van der Waals surface area contributed by atoms with E-state index < -0.39 is 0 Å². The van der Waals surface area contributed by atoms with Gasteiger partial charge in [0.1, 0.15) is 23.6 Å². The molecule has 0 saturated carbocycles. The number of nitrogens with zero attached hydrogens (tertiary/aromatic N) is 6. The molecule has 1 aliphatic heterocycles. The van der Waals surface area contributed by atoms with Crippen molar-refractivity contribution >= 4 is 17.3 Å². The van der Waals surface area contributed by atoms with Crippen LogP contribution < -0.4 is 10.2 Å². The van der Waals surface area contributed by atoms with Gasteiger partial charge in [-0.15, -0.1) is 0 Å². The van der Waals surface area contributed by atoms with Gasteiger partial charge in [0.2, 0.25) is 0 Å². The maximum Gasteiger partial charge on any atom is 0.137 e. The van der Waals surface area contributed by atoms with Crippen molar-refractivity contribution in [1.82, 2.24) is 24.3 Å². The minimum absolute atomic E-state index is 0.245. The van der Waals surface area contributed by atoms with Crippen molar-refractivity contribution < 1.29 is 5.11 Å². The molecule has 148 valence electrons. The Hall–Kier alpha value is -2.71. The molecule has 3 aromatic heterocycles. The number of aliphatic hydroxyl groups excluding tert-OH is 1. The highest BCUT2D eigenvalue weighted by Crippen LogP contribution is 2.25. The zero-order chi connectivity index (χ0) is 19.7. The predicted octanol–water partition coefficient (Wildman–Crippen LogP) is 1.55. The van der Waals surface area contributed by atoms with Crippen molar-refractivity contribution in [3.63, 3.8) is 0 Å². The Labute approximate surface area is 164 Å². The van der Waals surface area contributed by atoms with Crippen molar-refractivity contribution in [2.24, 2.45) is 0 Å². The fourth-order valence-corrected chi connectivity index (χ4v) is 3.77. The Kier molecular flexibility index (Phi) is 5.15. The van der Waals surface area contributed by atoms with E-state index in [-0.39, 0.29) is 12.1 Å². The molecule has 1 aliphatic rings. The molecule has 28 heavy (non-hydrogen) atoms. The van der Waals surface area contributed by atoms with Gasteiger partial charge < -0.3 is 24.6 Å². The first-order valence-electron chi connectivity index (χ1n) is 9.57. The highest BCUT2D eigenvalue weighted by Gasteiger charge is 2.32. The topological polar surface area (TPSA) is 81.8 Å². The highest BCUT2D eigenvalue weighted by molar-refractivity contribution is 5.51. The lowest BCUT2D eigenvalue weighted by atomic mass is 10.2. The normalized spacial score (nSPS) is 19.7. The lowest BCUT2D eigenvalue weighted by Crippen LogP contribution is -2.38. The number of aryl methyl sites for hydroxylation is 1. The number of pyridine rings is 1. The molecular weight excluding hydrogens is 354 g/mol. The van der Waals surface area contributed by atoms with Gasteiger partial charge in [0.05, 0.1) is 18.3 Å². The molecule has 0 spiro atoms. The largest absolute Gasteiger partial charge is 0.391 e. The van der Waals surface area contributed by atoms with Crippen LogP contribution in [-0.4, -0.2) is 68.7 Å². The summed E-state index contributed by atoms with van der Waals surface area (Å²) in [4.78, 5) is 17.7. The molecule has 1 saturated heterocycles. The molecule has 2 N–H and O–H groups in total. The number of aromatic nitrogens is 4. The van der Waals surface area contributed by atoms with Gasteiger partial charge in [0, 0.05) is 37.6 Å². The molecule has 1 fully saturated rings. The minimum atomic E-state index is -0.322. The number of rotatable bonds is 6. The lowest BCUT2D eigenvalue weighted by molar-refractivity contribution is 0.191. The number of imidazole rings is 1. The van der Waals surface area contributed by atoms with Crippen LogP contribution in [0.2, 0.25) is 0 Å². The van der Waals surface area contributed by atoms with Crippen molar-refractivity contribution in [3.05, 3.63) is 48.2 Å². The van der Waals surface area contributed by atoms with Crippen LogP contribution in [0.3, 0.4) is 0 Å². The van der Waals surface area contributed by atoms with E-state index in [1.165, 1.54) is 5.56 Å². The molecule has 0 unspecified atom stereocenters. The van der Waals surface area contributed by atoms with Gasteiger partial charge in [-0.3, -0.25) is 0 Å². The fourth-order valence-electron chi connectivity index (χ4n) is 3.77. The summed E-state index contributed by atoms with van der Waals surface area (Å²) in [6, 6.07) is 6.32. The number of hydrogen-bond donors (Lipinski definition) is 2. The summed E-state index contributed by atoms with van der Waals surface area (Å²) in [5.41, 5.74) is 3.09. The van der Waals surface area contributed by atoms with Crippen LogP contribution in [0.25, 0.3) is 5.65 Å². The third-order valence-electron chi connectivity index (χ3n) is 5.03. The second kappa shape index (κ2) is 7.73. The molecule has 0 amide bonds. The summed E-state index contributed by atoms with van der Waals surface area (Å²) < 4.78 is 2.02. The summed E-state index contributed by atoms with van der Waals surface area (Å²) in [7, 11) is 4.10. The number of anilines is 2. The summed E-state index contributed by atoms with van der Waals surface area (Å²) in [6.45, 7) is 4.13. The SMILES string of the molecule is Cc1ccn2cc(CNc3cc(N4C[C@H](O)C[C@@H]4CN(C)C)ncn3)nc2c1. The van der Waals surface area contributed by atoms with Crippen molar-refractivity contribution in [3.8, 4) is 0 Å². The monoisotopic (exact) mass is 381 g/mol. The number of likely N-dealkylation sites (N-methyl/N-ethyl adjacent to an activating group) is 1. The molecule has 0 bridgehead atoms. The lowest BCUT2D eigenvalue weighted by Gasteiger charge is -2.27. The highest BCUT2D eigenvalue weighted by atomic mass is 16.3. The Morgan fingerprint density at radius 2 is 2.14 bits per heavy atom. The molecule has 8 heteroatoms. The van der Waals surface area contributed by atoms with Gasteiger partial charge in [-0.1, -0.05) is 0 Å². The standard InChI is InChI=1S/C20H27N7O/c1-14-4-5-26-10-15(24-20(26)6-14)9-21-18-8-19(23-13-22-18)27-12-17(28)7-16(27)11-25(2)3/h4-6,8,10,13,16-17,28H,7,9,11-12H2,1-3H3,(H,21,22,23)/t16-,17-/m1/s1. The number of hydrogen-bond acceptors (Lipinski definition) is 7. The van der Waals surface area contributed by atoms with E-state index in [1.54, 1.807) is 6.33 Å². The van der Waals surface area contributed by atoms with Gasteiger partial charge in [0.15, 0.2) is 0 Å². The maximum absolute atomic E-state index is 10.1. The van der Waals surface area contributed by atoms with Crippen LogP contribution in [-0.2, 0) is 6.54 Å². The van der Waals surface area contributed by atoms with Crippen LogP contribution in [0.1, 0.15) is 17.7 Å². The first-order valence-corrected chi connectivity index (χ1v) is 9.57. The molecule has 4 heterocycles. The van der Waals surface area contributed by atoms with Crippen LogP contribution in [0.4, 0.5) is 11.6 Å². The predicted molar refractivity (Wildman–Crippen MR) is 110 cm³/mol. The summed E-state index contributed by atoms with van der Waals surface area (Å²) >= 11 is 0. The van der Waals surface area contributed by atoms with Gasteiger partial charge in [-0.25, -0.2) is 15.0 Å². The summed E-state index contributed by atoms with van der Waals surface area (Å²) in [5, 5.41) is 13.5. The van der Waals surface area contributed by atoms with Crippen molar-refractivity contribution in [2.45, 2.75) is 32.0 Å². The molecular formula is C20H27N7O. The third kappa shape index (κ3) is 4.07. The van der Waals surface area contributed by atoms with Gasteiger partial charge in [-0.2, -0.15) is 0 Å².